The fraction of sp³-hybridized carbons (Fsp3) is 0.250. The molecule has 0 aliphatic heterocycles. The third kappa shape index (κ3) is 1.63. The van der Waals surface area contributed by atoms with Gasteiger partial charge in [0.25, 0.3) is 6.43 Å². The van der Waals surface area contributed by atoms with Crippen LogP contribution in [-0.4, -0.2) is 18.4 Å². The molecule has 0 aromatic carbocycles. The molecule has 4 nitrogen and oxygen atoms in total. The van der Waals surface area contributed by atoms with Crippen LogP contribution in [0.3, 0.4) is 0 Å². The number of hydrogen-bond donors (Lipinski definition) is 1. The largest absolute Gasteiger partial charge is 0.491 e. The van der Waals surface area contributed by atoms with Crippen LogP contribution in [0, 0.1) is 0 Å². The lowest BCUT2D eigenvalue weighted by molar-refractivity contribution is 0.111. The second-order valence-electron chi connectivity index (χ2n) is 2.44. The Kier molecular flexibility index (Phi) is 2.95. The first-order valence-corrected chi connectivity index (χ1v) is 3.64. The number of alkyl halides is 2. The summed E-state index contributed by atoms with van der Waals surface area (Å²) in [6.45, 7) is 0. The molecule has 14 heavy (non-hydrogen) atoms. The fourth-order valence-corrected chi connectivity index (χ4v) is 0.992. The molecule has 0 saturated heterocycles. The molecule has 0 aliphatic carbocycles. The van der Waals surface area contributed by atoms with E-state index in [0.29, 0.717) is 0 Å². The SMILES string of the molecule is COc1c(C(F)F)[nH]cc(C=O)c1=O. The molecule has 1 aromatic heterocycles. The molecular weight excluding hydrogens is 196 g/mol. The highest BCUT2D eigenvalue weighted by atomic mass is 19.3. The summed E-state index contributed by atoms with van der Waals surface area (Å²) in [7, 11) is 1.09. The van der Waals surface area contributed by atoms with Crippen molar-refractivity contribution in [3.05, 3.63) is 27.7 Å². The standard InChI is InChI=1S/C8H7F2NO3/c1-14-7-5(8(9)10)11-2-4(3-12)6(7)13/h2-3,8H,1H3,(H,11,13). The van der Waals surface area contributed by atoms with Gasteiger partial charge in [0.2, 0.25) is 5.43 Å². The van der Waals surface area contributed by atoms with E-state index < -0.39 is 23.3 Å². The lowest BCUT2D eigenvalue weighted by Gasteiger charge is -2.06. The van der Waals surface area contributed by atoms with E-state index in [1.54, 1.807) is 0 Å². The first-order chi connectivity index (χ1) is 6.61. The Labute approximate surface area is 77.5 Å². The maximum atomic E-state index is 12.3. The van der Waals surface area contributed by atoms with E-state index in [0.717, 1.165) is 13.3 Å². The van der Waals surface area contributed by atoms with Crippen LogP contribution in [0.4, 0.5) is 8.78 Å². The van der Waals surface area contributed by atoms with Crippen molar-refractivity contribution in [2.45, 2.75) is 6.43 Å². The number of pyridine rings is 1. The van der Waals surface area contributed by atoms with Crippen LogP contribution in [0.1, 0.15) is 22.5 Å². The minimum atomic E-state index is -2.85. The molecule has 1 N–H and O–H groups in total. The number of methoxy groups -OCH3 is 1. The van der Waals surface area contributed by atoms with Crippen molar-refractivity contribution in [1.29, 1.82) is 0 Å². The lowest BCUT2D eigenvalue weighted by atomic mass is 10.2. The van der Waals surface area contributed by atoms with Gasteiger partial charge in [0.1, 0.15) is 5.69 Å². The molecule has 1 heterocycles. The first-order valence-electron chi connectivity index (χ1n) is 3.64. The second-order valence-corrected chi connectivity index (χ2v) is 2.44. The Morgan fingerprint density at radius 3 is 2.64 bits per heavy atom. The van der Waals surface area contributed by atoms with Gasteiger partial charge in [-0.3, -0.25) is 9.59 Å². The van der Waals surface area contributed by atoms with Gasteiger partial charge in [0.05, 0.1) is 12.7 Å². The number of H-pyrrole nitrogens is 1. The van der Waals surface area contributed by atoms with Gasteiger partial charge in [-0.2, -0.15) is 0 Å². The number of halogens is 2. The van der Waals surface area contributed by atoms with Crippen molar-refractivity contribution in [2.24, 2.45) is 0 Å². The number of nitrogens with one attached hydrogen (secondary N) is 1. The number of rotatable bonds is 3. The van der Waals surface area contributed by atoms with Crippen molar-refractivity contribution >= 4 is 6.29 Å². The Balaban J connectivity index is 3.43. The average molecular weight is 203 g/mol. The van der Waals surface area contributed by atoms with E-state index in [4.69, 9.17) is 0 Å². The van der Waals surface area contributed by atoms with Gasteiger partial charge in [0.15, 0.2) is 12.0 Å². The normalized spacial score (nSPS) is 10.3. The molecule has 0 saturated carbocycles. The lowest BCUT2D eigenvalue weighted by Crippen LogP contribution is -2.15. The summed E-state index contributed by atoms with van der Waals surface area (Å²) in [6, 6.07) is 0. The molecule has 0 amide bonds. The fourth-order valence-electron chi connectivity index (χ4n) is 0.992. The Morgan fingerprint density at radius 2 is 2.21 bits per heavy atom. The number of aromatic amines is 1. The summed E-state index contributed by atoms with van der Waals surface area (Å²) in [5.74, 6) is -0.524. The summed E-state index contributed by atoms with van der Waals surface area (Å²) in [4.78, 5) is 23.7. The molecule has 6 heteroatoms. The van der Waals surface area contributed by atoms with Gasteiger partial charge in [0, 0.05) is 6.20 Å². The smallest absolute Gasteiger partial charge is 0.282 e. The van der Waals surface area contributed by atoms with Crippen molar-refractivity contribution in [2.75, 3.05) is 7.11 Å². The number of carbonyl (C=O) groups is 1. The number of aldehydes is 1. The molecule has 0 aliphatic rings. The van der Waals surface area contributed by atoms with Gasteiger partial charge in [-0.25, -0.2) is 8.78 Å². The maximum Gasteiger partial charge on any atom is 0.282 e. The molecule has 1 aromatic rings. The molecule has 0 fully saturated rings. The van der Waals surface area contributed by atoms with Crippen LogP contribution in [0.15, 0.2) is 11.0 Å². The van der Waals surface area contributed by atoms with Gasteiger partial charge in [-0.15, -0.1) is 0 Å². The van der Waals surface area contributed by atoms with E-state index in [2.05, 4.69) is 9.72 Å². The summed E-state index contributed by atoms with van der Waals surface area (Å²) in [6.07, 6.45) is -1.64. The molecule has 1 rings (SSSR count). The highest BCUT2D eigenvalue weighted by molar-refractivity contribution is 5.74. The number of ether oxygens (including phenoxy) is 1. The van der Waals surface area contributed by atoms with E-state index in [-0.39, 0.29) is 11.8 Å². The zero-order valence-electron chi connectivity index (χ0n) is 7.21. The molecule has 0 bridgehead atoms. The number of aromatic nitrogens is 1. The summed E-state index contributed by atoms with van der Waals surface area (Å²) in [5, 5.41) is 0. The van der Waals surface area contributed by atoms with Crippen molar-refractivity contribution in [3.8, 4) is 5.75 Å². The predicted octanol–water partition coefficient (Wildman–Crippen LogP) is 1.13. The highest BCUT2D eigenvalue weighted by Crippen LogP contribution is 2.23. The van der Waals surface area contributed by atoms with E-state index in [9.17, 15) is 18.4 Å². The van der Waals surface area contributed by atoms with Crippen LogP contribution >= 0.6 is 0 Å². The van der Waals surface area contributed by atoms with E-state index in [1.165, 1.54) is 0 Å². The summed E-state index contributed by atoms with van der Waals surface area (Å²) >= 11 is 0. The van der Waals surface area contributed by atoms with Crippen LogP contribution < -0.4 is 10.2 Å². The zero-order chi connectivity index (χ0) is 10.7. The quantitative estimate of drug-likeness (QED) is 0.749. The van der Waals surface area contributed by atoms with Crippen LogP contribution in [0.5, 0.6) is 5.75 Å². The van der Waals surface area contributed by atoms with Gasteiger partial charge in [-0.1, -0.05) is 0 Å². The van der Waals surface area contributed by atoms with Crippen LogP contribution in [0.25, 0.3) is 0 Å². The molecule has 76 valence electrons. The summed E-state index contributed by atoms with van der Waals surface area (Å²) < 4.78 is 29.1. The minimum Gasteiger partial charge on any atom is -0.491 e. The molecule has 0 unspecified atom stereocenters. The topological polar surface area (TPSA) is 59.2 Å². The minimum absolute atomic E-state index is 0.244. The zero-order valence-corrected chi connectivity index (χ0v) is 7.21. The molecule has 0 radical (unpaired) electrons. The number of hydrogen-bond acceptors (Lipinski definition) is 3. The Hall–Kier alpha value is -1.72. The Bertz CT molecular complexity index is 400. The van der Waals surface area contributed by atoms with Gasteiger partial charge >= 0.3 is 0 Å². The number of carbonyl (C=O) groups excluding carboxylic acids is 1. The monoisotopic (exact) mass is 203 g/mol. The average Bonchev–Trinajstić information content (AvgIpc) is 2.17. The Morgan fingerprint density at radius 1 is 1.57 bits per heavy atom. The first kappa shape index (κ1) is 10.4. The predicted molar refractivity (Wildman–Crippen MR) is 44.0 cm³/mol. The van der Waals surface area contributed by atoms with Gasteiger partial charge < -0.3 is 9.72 Å². The third-order valence-corrected chi connectivity index (χ3v) is 1.65. The molecular formula is C8H7F2NO3. The highest BCUT2D eigenvalue weighted by Gasteiger charge is 2.18. The summed E-state index contributed by atoms with van der Waals surface area (Å²) in [5.41, 5.74) is -1.70. The van der Waals surface area contributed by atoms with Crippen molar-refractivity contribution < 1.29 is 18.3 Å². The van der Waals surface area contributed by atoms with Crippen LogP contribution in [0.2, 0.25) is 0 Å². The van der Waals surface area contributed by atoms with Gasteiger partial charge in [-0.05, 0) is 0 Å². The van der Waals surface area contributed by atoms with E-state index >= 15 is 0 Å². The van der Waals surface area contributed by atoms with E-state index in [1.807, 2.05) is 0 Å². The molecule has 0 atom stereocenters. The van der Waals surface area contributed by atoms with Crippen LogP contribution in [-0.2, 0) is 0 Å². The van der Waals surface area contributed by atoms with Crippen molar-refractivity contribution in [1.82, 2.24) is 4.98 Å². The third-order valence-electron chi connectivity index (χ3n) is 1.65. The van der Waals surface area contributed by atoms with Crippen molar-refractivity contribution in [3.63, 3.8) is 0 Å². The maximum absolute atomic E-state index is 12.3. The molecule has 0 spiro atoms. The second kappa shape index (κ2) is 3.99.